The van der Waals surface area contributed by atoms with Gasteiger partial charge in [0.15, 0.2) is 0 Å². The van der Waals surface area contributed by atoms with Gasteiger partial charge in [0.05, 0.1) is 13.2 Å². The number of hydrogen-bond acceptors (Lipinski definition) is 4. The van der Waals surface area contributed by atoms with Crippen LogP contribution < -0.4 is 5.32 Å². The highest BCUT2D eigenvalue weighted by molar-refractivity contribution is 5.78. The zero-order valence-corrected chi connectivity index (χ0v) is 15.4. The average Bonchev–Trinajstić information content (AvgIpc) is 2.62. The second-order valence-corrected chi connectivity index (χ2v) is 6.53. The molecule has 0 aliphatic carbocycles. The predicted octanol–water partition coefficient (Wildman–Crippen LogP) is 2.42. The van der Waals surface area contributed by atoms with E-state index in [1.807, 2.05) is 30.1 Å². The van der Waals surface area contributed by atoms with Gasteiger partial charge in [-0.25, -0.2) is 4.79 Å². The Balaban J connectivity index is 1.74. The van der Waals surface area contributed by atoms with Gasteiger partial charge in [-0.15, -0.1) is 0 Å². The lowest BCUT2D eigenvalue weighted by molar-refractivity contribution is -0.123. The summed E-state index contributed by atoms with van der Waals surface area (Å²) in [4.78, 5) is 27.8. The van der Waals surface area contributed by atoms with E-state index in [0.29, 0.717) is 26.2 Å². The van der Waals surface area contributed by atoms with Crippen LogP contribution in [-0.2, 0) is 9.53 Å². The number of carbonyl (C=O) groups is 2. The molecule has 0 bridgehead atoms. The molecule has 1 unspecified atom stereocenters. The van der Waals surface area contributed by atoms with Crippen LogP contribution in [0.15, 0.2) is 30.3 Å². The van der Waals surface area contributed by atoms with E-state index in [9.17, 15) is 9.59 Å². The molecular formula is C19H29N3O3. The second-order valence-electron chi connectivity index (χ2n) is 6.53. The van der Waals surface area contributed by atoms with Gasteiger partial charge in [-0.05, 0) is 39.3 Å². The van der Waals surface area contributed by atoms with E-state index in [0.717, 1.165) is 12.8 Å². The predicted molar refractivity (Wildman–Crippen MR) is 97.2 cm³/mol. The van der Waals surface area contributed by atoms with Gasteiger partial charge in [-0.2, -0.15) is 0 Å². The Morgan fingerprint density at radius 1 is 1.28 bits per heavy atom. The molecule has 1 aromatic carbocycles. The fourth-order valence-electron chi connectivity index (χ4n) is 3.04. The van der Waals surface area contributed by atoms with Crippen LogP contribution in [0.25, 0.3) is 0 Å². The van der Waals surface area contributed by atoms with Crippen LogP contribution in [0.3, 0.4) is 0 Å². The van der Waals surface area contributed by atoms with Crippen molar-refractivity contribution < 1.29 is 14.3 Å². The van der Waals surface area contributed by atoms with Crippen molar-refractivity contribution in [1.82, 2.24) is 15.1 Å². The van der Waals surface area contributed by atoms with Gasteiger partial charge in [-0.3, -0.25) is 9.69 Å². The van der Waals surface area contributed by atoms with Crippen LogP contribution in [0.4, 0.5) is 4.79 Å². The molecule has 1 heterocycles. The van der Waals surface area contributed by atoms with Crippen molar-refractivity contribution in [2.24, 2.45) is 0 Å². The first-order valence-corrected chi connectivity index (χ1v) is 8.97. The summed E-state index contributed by atoms with van der Waals surface area (Å²) in [5, 5.41) is 3.09. The molecular weight excluding hydrogens is 318 g/mol. The molecule has 0 spiro atoms. The summed E-state index contributed by atoms with van der Waals surface area (Å²) >= 11 is 0. The lowest BCUT2D eigenvalue weighted by atomic mass is 10.1. The number of carbonyl (C=O) groups excluding carboxylic acids is 2. The maximum Gasteiger partial charge on any atom is 0.409 e. The maximum absolute atomic E-state index is 12.3. The SMILES string of the molecule is CCOC(=O)N1CCC(NC(=O)CN(C)C(C)c2ccccc2)CC1. The molecule has 2 amide bonds. The molecule has 1 N–H and O–H groups in total. The van der Waals surface area contributed by atoms with Crippen LogP contribution in [-0.4, -0.2) is 61.1 Å². The van der Waals surface area contributed by atoms with E-state index in [-0.39, 0.29) is 24.1 Å². The number of likely N-dealkylation sites (N-methyl/N-ethyl adjacent to an activating group) is 1. The molecule has 25 heavy (non-hydrogen) atoms. The molecule has 6 heteroatoms. The Bertz CT molecular complexity index is 556. The smallest absolute Gasteiger partial charge is 0.409 e. The largest absolute Gasteiger partial charge is 0.450 e. The first-order chi connectivity index (χ1) is 12.0. The number of nitrogens with one attached hydrogen (secondary N) is 1. The van der Waals surface area contributed by atoms with Crippen molar-refractivity contribution >= 4 is 12.0 Å². The zero-order chi connectivity index (χ0) is 18.2. The highest BCUT2D eigenvalue weighted by Crippen LogP contribution is 2.18. The van der Waals surface area contributed by atoms with Crippen molar-refractivity contribution in [3.8, 4) is 0 Å². The summed E-state index contributed by atoms with van der Waals surface area (Å²) in [6, 6.07) is 10.5. The number of hydrogen-bond donors (Lipinski definition) is 1. The molecule has 1 atom stereocenters. The first kappa shape index (κ1) is 19.2. The van der Waals surface area contributed by atoms with Gasteiger partial charge in [0.1, 0.15) is 0 Å². The molecule has 1 aliphatic rings. The zero-order valence-electron chi connectivity index (χ0n) is 15.4. The number of piperidine rings is 1. The summed E-state index contributed by atoms with van der Waals surface area (Å²) in [5.41, 5.74) is 1.19. The number of likely N-dealkylation sites (tertiary alicyclic amines) is 1. The fourth-order valence-corrected chi connectivity index (χ4v) is 3.04. The summed E-state index contributed by atoms with van der Waals surface area (Å²) in [7, 11) is 1.96. The third-order valence-corrected chi connectivity index (χ3v) is 4.72. The van der Waals surface area contributed by atoms with Crippen LogP contribution in [0, 0.1) is 0 Å². The standard InChI is InChI=1S/C19H29N3O3/c1-4-25-19(24)22-12-10-17(11-13-22)20-18(23)14-21(3)15(2)16-8-6-5-7-9-16/h5-9,15,17H,4,10-14H2,1-3H3,(H,20,23). The Hall–Kier alpha value is -2.08. The van der Waals surface area contributed by atoms with Crippen LogP contribution in [0.5, 0.6) is 0 Å². The van der Waals surface area contributed by atoms with Crippen molar-refractivity contribution in [3.05, 3.63) is 35.9 Å². The van der Waals surface area contributed by atoms with Crippen LogP contribution in [0.1, 0.15) is 38.3 Å². The van der Waals surface area contributed by atoms with E-state index in [4.69, 9.17) is 4.74 Å². The summed E-state index contributed by atoms with van der Waals surface area (Å²) in [6.07, 6.45) is 1.27. The van der Waals surface area contributed by atoms with E-state index in [2.05, 4.69) is 24.4 Å². The third-order valence-electron chi connectivity index (χ3n) is 4.72. The maximum atomic E-state index is 12.3. The number of benzene rings is 1. The minimum atomic E-state index is -0.260. The Morgan fingerprint density at radius 3 is 2.52 bits per heavy atom. The molecule has 2 rings (SSSR count). The molecule has 1 aliphatic heterocycles. The minimum absolute atomic E-state index is 0.0277. The molecule has 138 valence electrons. The van der Waals surface area contributed by atoms with Crippen LogP contribution >= 0.6 is 0 Å². The van der Waals surface area contributed by atoms with Crippen molar-refractivity contribution in [2.45, 2.75) is 38.8 Å². The Morgan fingerprint density at radius 2 is 1.92 bits per heavy atom. The van der Waals surface area contributed by atoms with Gasteiger partial charge in [0.25, 0.3) is 0 Å². The van der Waals surface area contributed by atoms with Crippen molar-refractivity contribution in [2.75, 3.05) is 33.3 Å². The van der Waals surface area contributed by atoms with Crippen molar-refractivity contribution in [1.29, 1.82) is 0 Å². The second kappa shape index (κ2) is 9.42. The van der Waals surface area contributed by atoms with Gasteiger partial charge in [-0.1, -0.05) is 30.3 Å². The summed E-state index contributed by atoms with van der Waals surface area (Å²) in [6.45, 7) is 5.90. The van der Waals surface area contributed by atoms with E-state index in [1.54, 1.807) is 11.8 Å². The Labute approximate surface area is 150 Å². The molecule has 0 radical (unpaired) electrons. The monoisotopic (exact) mass is 347 g/mol. The Kier molecular flexibility index (Phi) is 7.25. The minimum Gasteiger partial charge on any atom is -0.450 e. The molecule has 1 fully saturated rings. The normalized spacial score (nSPS) is 16.6. The highest BCUT2D eigenvalue weighted by Gasteiger charge is 2.25. The lowest BCUT2D eigenvalue weighted by Crippen LogP contribution is -2.48. The molecule has 1 aromatic rings. The fraction of sp³-hybridized carbons (Fsp3) is 0.579. The number of ether oxygens (including phenoxy) is 1. The van der Waals surface area contributed by atoms with Crippen LogP contribution in [0.2, 0.25) is 0 Å². The van der Waals surface area contributed by atoms with Crippen molar-refractivity contribution in [3.63, 3.8) is 0 Å². The van der Waals surface area contributed by atoms with E-state index >= 15 is 0 Å². The quantitative estimate of drug-likeness (QED) is 0.858. The van der Waals surface area contributed by atoms with Gasteiger partial charge in [0.2, 0.25) is 5.91 Å². The lowest BCUT2D eigenvalue weighted by Gasteiger charge is -2.32. The number of rotatable bonds is 6. The molecule has 0 saturated carbocycles. The van der Waals surface area contributed by atoms with E-state index in [1.165, 1.54) is 5.56 Å². The highest BCUT2D eigenvalue weighted by atomic mass is 16.6. The third kappa shape index (κ3) is 5.74. The van der Waals surface area contributed by atoms with Gasteiger partial charge in [0, 0.05) is 25.2 Å². The number of nitrogens with zero attached hydrogens (tertiary/aromatic N) is 2. The van der Waals surface area contributed by atoms with Gasteiger partial charge < -0.3 is 15.0 Å². The first-order valence-electron chi connectivity index (χ1n) is 8.97. The summed E-state index contributed by atoms with van der Waals surface area (Å²) in [5.74, 6) is 0.0277. The average molecular weight is 347 g/mol. The topological polar surface area (TPSA) is 61.9 Å². The summed E-state index contributed by atoms with van der Waals surface area (Å²) < 4.78 is 5.01. The van der Waals surface area contributed by atoms with Gasteiger partial charge >= 0.3 is 6.09 Å². The molecule has 6 nitrogen and oxygen atoms in total. The number of amides is 2. The molecule has 0 aromatic heterocycles. The van der Waals surface area contributed by atoms with E-state index < -0.39 is 0 Å². The molecule has 1 saturated heterocycles.